The highest BCUT2D eigenvalue weighted by Crippen LogP contribution is 2.33. The first-order valence-electron chi connectivity index (χ1n) is 10.1. The number of piperazine rings is 1. The van der Waals surface area contributed by atoms with Crippen LogP contribution in [0.5, 0.6) is 17.5 Å². The summed E-state index contributed by atoms with van der Waals surface area (Å²) < 4.78 is 57.6. The number of hydrogen-bond acceptors (Lipinski definition) is 5. The Bertz CT molecular complexity index is 881. The van der Waals surface area contributed by atoms with Crippen LogP contribution in [0.2, 0.25) is 0 Å². The largest absolute Gasteiger partial charge is 0.494 e. The molecule has 0 aliphatic carbocycles. The van der Waals surface area contributed by atoms with Crippen molar-refractivity contribution in [2.75, 3.05) is 44.2 Å². The molecule has 1 aromatic carbocycles. The molecular weight excluding hydrogens is 418 g/mol. The second-order valence-corrected chi connectivity index (χ2v) is 7.75. The third kappa shape index (κ3) is 5.55. The summed E-state index contributed by atoms with van der Waals surface area (Å²) in [6.45, 7) is 5.60. The Morgan fingerprint density at radius 1 is 0.968 bits per heavy atom. The van der Waals surface area contributed by atoms with E-state index in [0.717, 1.165) is 12.6 Å². The van der Waals surface area contributed by atoms with Crippen LogP contribution in [-0.4, -0.2) is 65.2 Å². The van der Waals surface area contributed by atoms with Crippen molar-refractivity contribution < 1.29 is 32.5 Å². The number of hydrogen-bond donors (Lipinski definition) is 2. The Morgan fingerprint density at radius 3 is 2.16 bits per heavy atom. The van der Waals surface area contributed by atoms with E-state index in [0.29, 0.717) is 56.0 Å². The number of halogens is 4. The monoisotopic (exact) mass is 445 g/mol. The molecule has 31 heavy (non-hydrogen) atoms. The second kappa shape index (κ2) is 9.25. The van der Waals surface area contributed by atoms with Gasteiger partial charge >= 0.3 is 6.18 Å². The Labute approximate surface area is 178 Å². The van der Waals surface area contributed by atoms with Gasteiger partial charge in [0, 0.05) is 49.9 Å². The van der Waals surface area contributed by atoms with Gasteiger partial charge in [0.1, 0.15) is 11.6 Å². The van der Waals surface area contributed by atoms with Gasteiger partial charge in [-0.15, -0.1) is 0 Å². The number of benzene rings is 1. The van der Waals surface area contributed by atoms with Crippen molar-refractivity contribution in [3.05, 3.63) is 35.1 Å². The summed E-state index contributed by atoms with van der Waals surface area (Å²) in [5.74, 6) is -0.389. The lowest BCUT2D eigenvalue weighted by Crippen LogP contribution is -2.47. The molecule has 0 saturated carbocycles. The topological polar surface area (TPSA) is 61.1 Å². The van der Waals surface area contributed by atoms with Gasteiger partial charge in [-0.1, -0.05) is 0 Å². The number of anilines is 1. The maximum absolute atomic E-state index is 13.7. The van der Waals surface area contributed by atoms with Crippen LogP contribution < -0.4 is 9.64 Å². The van der Waals surface area contributed by atoms with E-state index in [2.05, 4.69) is 4.90 Å². The average molecular weight is 445 g/mol. The van der Waals surface area contributed by atoms with E-state index in [1.54, 1.807) is 13.8 Å². The molecule has 1 aliphatic rings. The Kier molecular flexibility index (Phi) is 6.88. The van der Waals surface area contributed by atoms with Gasteiger partial charge in [-0.05, 0) is 38.9 Å². The predicted octanol–water partition coefficient (Wildman–Crippen LogP) is 3.81. The van der Waals surface area contributed by atoms with Crippen LogP contribution in [-0.2, 0) is 6.54 Å². The number of aromatic hydroxyl groups is 2. The fraction of sp³-hybridized carbons (Fsp3) is 0.524. The third-order valence-corrected chi connectivity index (χ3v) is 5.63. The zero-order valence-corrected chi connectivity index (χ0v) is 17.5. The van der Waals surface area contributed by atoms with E-state index in [1.807, 2.05) is 4.90 Å². The minimum atomic E-state index is -4.47. The van der Waals surface area contributed by atoms with Gasteiger partial charge in [-0.25, -0.2) is 4.39 Å². The minimum Gasteiger partial charge on any atom is -0.494 e. The standard InChI is InChI=1S/C21H27F4N3O3/c1-14-15(2)20(30)28(19(14)29)7-3-6-26-8-10-27(11-9-26)17-12-16(22)4-5-18(17)31-13-21(23,24)25/h4-5,12,29-30H,3,6-11,13H2,1-2H3. The SMILES string of the molecule is Cc1c(C)c(O)n(CCCN2CCN(c3cc(F)ccc3OCC(F)(F)F)CC2)c1O. The number of ether oxygens (including phenoxy) is 1. The number of rotatable bonds is 7. The van der Waals surface area contributed by atoms with Gasteiger partial charge in [0.25, 0.3) is 0 Å². The zero-order chi connectivity index (χ0) is 22.8. The molecule has 6 nitrogen and oxygen atoms in total. The maximum Gasteiger partial charge on any atom is 0.422 e. The fourth-order valence-electron chi connectivity index (χ4n) is 3.74. The minimum absolute atomic E-state index is 0.0106. The van der Waals surface area contributed by atoms with Gasteiger partial charge < -0.3 is 19.8 Å². The Morgan fingerprint density at radius 2 is 1.58 bits per heavy atom. The fourth-order valence-corrected chi connectivity index (χ4v) is 3.74. The maximum atomic E-state index is 13.7. The molecule has 0 amide bonds. The van der Waals surface area contributed by atoms with Gasteiger partial charge in [0.05, 0.1) is 5.69 Å². The lowest BCUT2D eigenvalue weighted by atomic mass is 10.2. The molecule has 10 heteroatoms. The normalized spacial score (nSPS) is 15.5. The third-order valence-electron chi connectivity index (χ3n) is 5.63. The van der Waals surface area contributed by atoms with E-state index < -0.39 is 18.6 Å². The summed E-state index contributed by atoms with van der Waals surface area (Å²) in [6.07, 6.45) is -3.77. The van der Waals surface area contributed by atoms with Gasteiger partial charge in [-0.2, -0.15) is 13.2 Å². The molecule has 0 bridgehead atoms. The Balaban J connectivity index is 1.54. The van der Waals surface area contributed by atoms with E-state index >= 15 is 0 Å². The molecule has 1 aliphatic heterocycles. The Hall–Kier alpha value is -2.62. The first-order valence-corrected chi connectivity index (χ1v) is 10.1. The number of alkyl halides is 3. The summed E-state index contributed by atoms with van der Waals surface area (Å²) in [5, 5.41) is 20.2. The van der Waals surface area contributed by atoms with Crippen LogP contribution in [0, 0.1) is 19.7 Å². The summed E-state index contributed by atoms with van der Waals surface area (Å²) in [4.78, 5) is 4.00. The summed E-state index contributed by atoms with van der Waals surface area (Å²) in [6, 6.07) is 3.51. The van der Waals surface area contributed by atoms with Gasteiger partial charge in [-0.3, -0.25) is 9.47 Å². The van der Waals surface area contributed by atoms with Crippen LogP contribution in [0.4, 0.5) is 23.2 Å². The molecule has 0 radical (unpaired) electrons. The lowest BCUT2D eigenvalue weighted by Gasteiger charge is -2.36. The molecule has 1 saturated heterocycles. The van der Waals surface area contributed by atoms with E-state index in [9.17, 15) is 27.8 Å². The molecule has 2 N–H and O–H groups in total. The molecule has 0 unspecified atom stereocenters. The van der Waals surface area contributed by atoms with Gasteiger partial charge in [0.2, 0.25) is 0 Å². The van der Waals surface area contributed by atoms with Crippen molar-refractivity contribution in [2.45, 2.75) is 33.0 Å². The van der Waals surface area contributed by atoms with Gasteiger partial charge in [0.15, 0.2) is 18.4 Å². The van der Waals surface area contributed by atoms with E-state index in [4.69, 9.17) is 4.74 Å². The van der Waals surface area contributed by atoms with Crippen molar-refractivity contribution in [1.82, 2.24) is 9.47 Å². The molecule has 172 valence electrons. The summed E-state index contributed by atoms with van der Waals surface area (Å²) >= 11 is 0. The molecule has 0 atom stereocenters. The molecule has 2 heterocycles. The predicted molar refractivity (Wildman–Crippen MR) is 108 cm³/mol. The van der Waals surface area contributed by atoms with Crippen LogP contribution in [0.25, 0.3) is 0 Å². The van der Waals surface area contributed by atoms with Crippen LogP contribution >= 0.6 is 0 Å². The average Bonchev–Trinajstić information content (AvgIpc) is 2.90. The second-order valence-electron chi connectivity index (χ2n) is 7.75. The van der Waals surface area contributed by atoms with E-state index in [1.165, 1.54) is 16.7 Å². The van der Waals surface area contributed by atoms with Crippen molar-refractivity contribution in [3.8, 4) is 17.5 Å². The highest BCUT2D eigenvalue weighted by Gasteiger charge is 2.29. The number of nitrogens with zero attached hydrogens (tertiary/aromatic N) is 3. The van der Waals surface area contributed by atoms with Crippen molar-refractivity contribution in [3.63, 3.8) is 0 Å². The molecular formula is C21H27F4N3O3. The zero-order valence-electron chi connectivity index (χ0n) is 17.5. The van der Waals surface area contributed by atoms with Crippen molar-refractivity contribution >= 4 is 5.69 Å². The first-order chi connectivity index (χ1) is 14.6. The number of aromatic nitrogens is 1. The van der Waals surface area contributed by atoms with Crippen LogP contribution in [0.15, 0.2) is 18.2 Å². The molecule has 2 aromatic rings. The smallest absolute Gasteiger partial charge is 0.422 e. The summed E-state index contributed by atoms with van der Waals surface area (Å²) in [5.41, 5.74) is 1.63. The molecule has 1 fully saturated rings. The molecule has 1 aromatic heterocycles. The van der Waals surface area contributed by atoms with Crippen molar-refractivity contribution in [2.24, 2.45) is 0 Å². The highest BCUT2D eigenvalue weighted by atomic mass is 19.4. The van der Waals surface area contributed by atoms with Crippen LogP contribution in [0.3, 0.4) is 0 Å². The molecule has 0 spiro atoms. The van der Waals surface area contributed by atoms with Crippen molar-refractivity contribution in [1.29, 1.82) is 0 Å². The van der Waals surface area contributed by atoms with Crippen LogP contribution in [0.1, 0.15) is 17.5 Å². The lowest BCUT2D eigenvalue weighted by molar-refractivity contribution is -0.153. The molecule has 3 rings (SSSR count). The van der Waals surface area contributed by atoms with E-state index in [-0.39, 0.29) is 17.5 Å². The first kappa shape index (κ1) is 23.1. The quantitative estimate of drug-likeness (QED) is 0.635. The summed E-state index contributed by atoms with van der Waals surface area (Å²) in [7, 11) is 0. The highest BCUT2D eigenvalue weighted by molar-refractivity contribution is 5.59.